The number of hydrogen-bond acceptors (Lipinski definition) is 7. The number of rotatable bonds is 7. The Kier molecular flexibility index (Phi) is 5.75. The fraction of sp³-hybridized carbons (Fsp3) is 0.353. The minimum absolute atomic E-state index is 0.126. The maximum Gasteiger partial charge on any atom is 0.251 e. The average molecular weight is 386 g/mol. The maximum atomic E-state index is 12.4. The lowest BCUT2D eigenvalue weighted by Gasteiger charge is -2.08. The van der Waals surface area contributed by atoms with Crippen molar-refractivity contribution in [3.8, 4) is 11.4 Å². The summed E-state index contributed by atoms with van der Waals surface area (Å²) in [6.45, 7) is 0.535. The number of nitrogens with one attached hydrogen (secondary N) is 1. The summed E-state index contributed by atoms with van der Waals surface area (Å²) in [6.07, 6.45) is 1.65. The van der Waals surface area contributed by atoms with E-state index in [0.717, 1.165) is 16.7 Å². The van der Waals surface area contributed by atoms with Crippen LogP contribution in [0.4, 0.5) is 5.95 Å². The van der Waals surface area contributed by atoms with E-state index in [1.54, 1.807) is 34.9 Å². The van der Waals surface area contributed by atoms with Gasteiger partial charge in [-0.15, -0.1) is 15.3 Å². The highest BCUT2D eigenvalue weighted by atomic mass is 32.2. The largest absolute Gasteiger partial charge is 0.351 e. The van der Waals surface area contributed by atoms with Gasteiger partial charge in [-0.3, -0.25) is 4.79 Å². The molecule has 0 aliphatic carbocycles. The number of anilines is 1. The Hall–Kier alpha value is -2.88. The Balaban J connectivity index is 1.62. The van der Waals surface area contributed by atoms with Gasteiger partial charge >= 0.3 is 0 Å². The van der Waals surface area contributed by atoms with Gasteiger partial charge in [-0.2, -0.15) is 4.98 Å². The molecule has 0 unspecified atom stereocenters. The van der Waals surface area contributed by atoms with Crippen molar-refractivity contribution in [3.05, 3.63) is 36.2 Å². The Bertz CT molecular complexity index is 933. The Morgan fingerprint density at radius 1 is 1.30 bits per heavy atom. The molecule has 9 nitrogen and oxygen atoms in total. The first-order chi connectivity index (χ1) is 13.0. The Morgan fingerprint density at radius 2 is 2.11 bits per heavy atom. The third kappa shape index (κ3) is 4.45. The van der Waals surface area contributed by atoms with Gasteiger partial charge in [-0.05, 0) is 12.1 Å². The van der Waals surface area contributed by atoms with Gasteiger partial charge in [-0.1, -0.05) is 23.9 Å². The highest BCUT2D eigenvalue weighted by molar-refractivity contribution is 7.99. The van der Waals surface area contributed by atoms with E-state index >= 15 is 0 Å². The predicted molar refractivity (Wildman–Crippen MR) is 105 cm³/mol. The van der Waals surface area contributed by atoms with Crippen LogP contribution < -0.4 is 10.2 Å². The van der Waals surface area contributed by atoms with E-state index in [-0.39, 0.29) is 5.91 Å². The number of benzene rings is 1. The molecule has 0 aliphatic heterocycles. The minimum Gasteiger partial charge on any atom is -0.351 e. The van der Waals surface area contributed by atoms with Crippen LogP contribution in [0.15, 0.2) is 35.7 Å². The molecule has 0 saturated heterocycles. The molecular weight excluding hydrogens is 364 g/mol. The predicted octanol–water partition coefficient (Wildman–Crippen LogP) is 1.20. The van der Waals surface area contributed by atoms with E-state index in [2.05, 4.69) is 25.6 Å². The molecule has 1 amide bonds. The molecule has 0 radical (unpaired) electrons. The van der Waals surface area contributed by atoms with Crippen molar-refractivity contribution < 1.29 is 4.79 Å². The number of hydrogen-bond donors (Lipinski definition) is 1. The van der Waals surface area contributed by atoms with Crippen molar-refractivity contribution in [3.63, 3.8) is 0 Å². The van der Waals surface area contributed by atoms with Gasteiger partial charge in [0.25, 0.3) is 5.91 Å². The lowest BCUT2D eigenvalue weighted by molar-refractivity contribution is 0.0956. The van der Waals surface area contributed by atoms with Crippen LogP contribution in [0.5, 0.6) is 0 Å². The SMILES string of the molecule is CN(C)c1nc(-c2cccc(C(=O)NCCSc3nncn3C)c2)nn1C. The number of amides is 1. The van der Waals surface area contributed by atoms with E-state index < -0.39 is 0 Å². The molecule has 3 rings (SSSR count). The average Bonchev–Trinajstić information content (AvgIpc) is 3.24. The van der Waals surface area contributed by atoms with Crippen LogP contribution in [-0.4, -0.2) is 61.8 Å². The fourth-order valence-corrected chi connectivity index (χ4v) is 3.24. The van der Waals surface area contributed by atoms with E-state index in [0.29, 0.717) is 23.7 Å². The molecule has 2 aromatic heterocycles. The summed E-state index contributed by atoms with van der Waals surface area (Å²) in [4.78, 5) is 18.8. The third-order valence-electron chi connectivity index (χ3n) is 3.81. The van der Waals surface area contributed by atoms with Crippen molar-refractivity contribution in [2.45, 2.75) is 5.16 Å². The summed E-state index contributed by atoms with van der Waals surface area (Å²) in [7, 11) is 7.56. The van der Waals surface area contributed by atoms with E-state index in [1.807, 2.05) is 49.8 Å². The topological polar surface area (TPSA) is 93.8 Å². The first-order valence-electron chi connectivity index (χ1n) is 8.39. The van der Waals surface area contributed by atoms with Crippen LogP contribution in [0.25, 0.3) is 11.4 Å². The number of nitrogens with zero attached hydrogens (tertiary/aromatic N) is 7. The first-order valence-corrected chi connectivity index (χ1v) is 9.38. The highest BCUT2D eigenvalue weighted by Crippen LogP contribution is 2.20. The van der Waals surface area contributed by atoms with Crippen molar-refractivity contribution in [2.75, 3.05) is 31.3 Å². The molecule has 27 heavy (non-hydrogen) atoms. The second kappa shape index (κ2) is 8.21. The molecule has 0 saturated carbocycles. The molecule has 0 aliphatic rings. The molecule has 0 spiro atoms. The lowest BCUT2D eigenvalue weighted by Crippen LogP contribution is -2.25. The van der Waals surface area contributed by atoms with Crippen LogP contribution >= 0.6 is 11.8 Å². The molecule has 1 N–H and O–H groups in total. The summed E-state index contributed by atoms with van der Waals surface area (Å²) >= 11 is 1.55. The maximum absolute atomic E-state index is 12.4. The van der Waals surface area contributed by atoms with Crippen molar-refractivity contribution in [1.82, 2.24) is 34.8 Å². The van der Waals surface area contributed by atoms with Crippen molar-refractivity contribution in [2.24, 2.45) is 14.1 Å². The number of carbonyl (C=O) groups is 1. The van der Waals surface area contributed by atoms with Gasteiger partial charge in [0.05, 0.1) is 0 Å². The summed E-state index contributed by atoms with van der Waals surface area (Å²) in [5.74, 6) is 1.93. The highest BCUT2D eigenvalue weighted by Gasteiger charge is 2.13. The van der Waals surface area contributed by atoms with Crippen LogP contribution in [0, 0.1) is 0 Å². The first kappa shape index (κ1) is 18.9. The summed E-state index contributed by atoms with van der Waals surface area (Å²) in [6, 6.07) is 7.32. The molecule has 142 valence electrons. The molecule has 10 heteroatoms. The zero-order valence-corrected chi connectivity index (χ0v) is 16.6. The van der Waals surface area contributed by atoms with Crippen molar-refractivity contribution in [1.29, 1.82) is 0 Å². The fourth-order valence-electron chi connectivity index (χ4n) is 2.50. The summed E-state index contributed by atoms with van der Waals surface area (Å²) in [5.41, 5.74) is 1.38. The summed E-state index contributed by atoms with van der Waals surface area (Å²) < 4.78 is 3.56. The van der Waals surface area contributed by atoms with Gasteiger partial charge < -0.3 is 14.8 Å². The standard InChI is InChI=1S/C17H22N8OS/c1-23(2)16-20-14(22-25(16)4)12-6-5-7-13(10-12)15(26)18-8-9-27-17-21-19-11-24(17)3/h5-7,10-11H,8-9H2,1-4H3,(H,18,26). The molecule has 2 heterocycles. The molecule has 0 bridgehead atoms. The molecule has 1 aromatic carbocycles. The van der Waals surface area contributed by atoms with Crippen LogP contribution in [0.2, 0.25) is 0 Å². The number of aromatic nitrogens is 6. The smallest absolute Gasteiger partial charge is 0.251 e. The van der Waals surface area contributed by atoms with Gasteiger partial charge in [0, 0.05) is 51.6 Å². The molecule has 3 aromatic rings. The van der Waals surface area contributed by atoms with Gasteiger partial charge in [-0.25, -0.2) is 4.68 Å². The van der Waals surface area contributed by atoms with Crippen LogP contribution in [-0.2, 0) is 14.1 Å². The van der Waals surface area contributed by atoms with Gasteiger partial charge in [0.15, 0.2) is 11.0 Å². The van der Waals surface area contributed by atoms with Gasteiger partial charge in [0.2, 0.25) is 5.95 Å². The quantitative estimate of drug-likeness (QED) is 0.482. The normalized spacial score (nSPS) is 10.8. The zero-order chi connectivity index (χ0) is 19.4. The number of aryl methyl sites for hydroxylation is 2. The Morgan fingerprint density at radius 3 is 2.78 bits per heavy atom. The van der Waals surface area contributed by atoms with Crippen LogP contribution in [0.1, 0.15) is 10.4 Å². The Labute approximate surface area is 161 Å². The van der Waals surface area contributed by atoms with E-state index in [9.17, 15) is 4.79 Å². The molecular formula is C17H22N8OS. The number of carbonyl (C=O) groups excluding carboxylic acids is 1. The van der Waals surface area contributed by atoms with E-state index in [4.69, 9.17) is 0 Å². The van der Waals surface area contributed by atoms with Crippen LogP contribution in [0.3, 0.4) is 0 Å². The van der Waals surface area contributed by atoms with E-state index in [1.165, 1.54) is 0 Å². The molecule has 0 atom stereocenters. The minimum atomic E-state index is -0.126. The second-order valence-electron chi connectivity index (χ2n) is 6.16. The molecule has 0 fully saturated rings. The van der Waals surface area contributed by atoms with Crippen molar-refractivity contribution >= 4 is 23.6 Å². The summed E-state index contributed by atoms with van der Waals surface area (Å²) in [5, 5.41) is 16.0. The number of thioether (sulfide) groups is 1. The zero-order valence-electron chi connectivity index (χ0n) is 15.7. The second-order valence-corrected chi connectivity index (χ2v) is 7.23. The lowest BCUT2D eigenvalue weighted by atomic mass is 10.1. The van der Waals surface area contributed by atoms with Gasteiger partial charge in [0.1, 0.15) is 6.33 Å². The third-order valence-corrected chi connectivity index (χ3v) is 4.85. The monoisotopic (exact) mass is 386 g/mol.